The quantitative estimate of drug-likeness (QED) is 0.773. The van der Waals surface area contributed by atoms with Gasteiger partial charge in [0.2, 0.25) is 5.91 Å². The summed E-state index contributed by atoms with van der Waals surface area (Å²) in [5.74, 6) is -0.481. The van der Waals surface area contributed by atoms with E-state index in [9.17, 15) is 9.59 Å². The number of rotatable bonds is 6. The van der Waals surface area contributed by atoms with Crippen LogP contribution in [0.2, 0.25) is 0 Å². The Morgan fingerprint density at radius 2 is 1.83 bits per heavy atom. The van der Waals surface area contributed by atoms with E-state index in [1.165, 1.54) is 18.5 Å². The van der Waals surface area contributed by atoms with E-state index in [-0.39, 0.29) is 24.7 Å². The lowest BCUT2D eigenvalue weighted by Gasteiger charge is -2.10. The zero-order valence-corrected chi connectivity index (χ0v) is 11.2. The molecule has 5 nitrogen and oxygen atoms in total. The number of hydrogen-bond acceptors (Lipinski definition) is 3. The van der Waals surface area contributed by atoms with Crippen molar-refractivity contribution < 1.29 is 14.3 Å². The van der Waals surface area contributed by atoms with Crippen molar-refractivity contribution in [3.05, 3.63) is 23.5 Å². The summed E-state index contributed by atoms with van der Waals surface area (Å²) in [5, 5.41) is 2.79. The van der Waals surface area contributed by atoms with Gasteiger partial charge >= 0.3 is 5.97 Å². The summed E-state index contributed by atoms with van der Waals surface area (Å²) in [4.78, 5) is 22.3. The molecule has 0 aliphatic rings. The molecule has 18 heavy (non-hydrogen) atoms. The number of nitrogens with zero attached hydrogens (tertiary/aromatic N) is 1. The third-order valence-corrected chi connectivity index (χ3v) is 2.86. The van der Waals surface area contributed by atoms with Crippen molar-refractivity contribution in [2.24, 2.45) is 0 Å². The van der Waals surface area contributed by atoms with E-state index in [4.69, 9.17) is 0 Å². The molecule has 1 aromatic heterocycles. The molecule has 0 saturated carbocycles. The van der Waals surface area contributed by atoms with Gasteiger partial charge in [0.25, 0.3) is 0 Å². The van der Waals surface area contributed by atoms with Crippen LogP contribution in [-0.2, 0) is 20.9 Å². The van der Waals surface area contributed by atoms with Gasteiger partial charge in [0.1, 0.15) is 0 Å². The van der Waals surface area contributed by atoms with Gasteiger partial charge < -0.3 is 14.6 Å². The first-order chi connectivity index (χ1) is 8.54. The highest BCUT2D eigenvalue weighted by Crippen LogP contribution is 2.05. The Labute approximate surface area is 107 Å². The van der Waals surface area contributed by atoms with Crippen LogP contribution in [0.4, 0.5) is 0 Å². The zero-order valence-electron chi connectivity index (χ0n) is 11.2. The molecule has 5 heteroatoms. The second-order valence-electron chi connectivity index (χ2n) is 4.19. The minimum atomic E-state index is -0.359. The fraction of sp³-hybridized carbons (Fsp3) is 0.538. The zero-order chi connectivity index (χ0) is 13.5. The number of nitrogens with one attached hydrogen (secondary N) is 1. The monoisotopic (exact) mass is 252 g/mol. The van der Waals surface area contributed by atoms with Gasteiger partial charge in [-0.15, -0.1) is 0 Å². The minimum absolute atomic E-state index is 0.122. The van der Waals surface area contributed by atoms with Crippen molar-refractivity contribution in [3.63, 3.8) is 0 Å². The van der Waals surface area contributed by atoms with E-state index >= 15 is 0 Å². The van der Waals surface area contributed by atoms with Gasteiger partial charge in [0.15, 0.2) is 0 Å². The molecule has 0 aliphatic carbocycles. The molecule has 1 rings (SSSR count). The van der Waals surface area contributed by atoms with E-state index in [1.807, 2.05) is 13.8 Å². The van der Waals surface area contributed by atoms with E-state index in [0.29, 0.717) is 6.54 Å². The molecule has 0 atom stereocenters. The van der Waals surface area contributed by atoms with Crippen LogP contribution < -0.4 is 5.32 Å². The number of carbonyl (C=O) groups is 2. The topological polar surface area (TPSA) is 60.3 Å². The highest BCUT2D eigenvalue weighted by Gasteiger charge is 2.06. The maximum absolute atomic E-state index is 11.4. The molecule has 0 unspecified atom stereocenters. The van der Waals surface area contributed by atoms with Crippen molar-refractivity contribution in [1.29, 1.82) is 0 Å². The summed E-state index contributed by atoms with van der Waals surface area (Å²) < 4.78 is 6.61. The number of aryl methyl sites for hydroxylation is 2. The molecule has 0 aromatic carbocycles. The molecule has 0 aliphatic heterocycles. The first kappa shape index (κ1) is 14.3. The van der Waals surface area contributed by atoms with Gasteiger partial charge in [0.05, 0.1) is 13.5 Å². The Hall–Kier alpha value is -1.78. The third-order valence-electron chi connectivity index (χ3n) is 2.86. The SMILES string of the molecule is COC(=O)CCC(=O)NCCn1c(C)ccc1C. The van der Waals surface area contributed by atoms with Crippen LogP contribution in [-0.4, -0.2) is 30.1 Å². The summed E-state index contributed by atoms with van der Waals surface area (Å²) in [7, 11) is 1.32. The second kappa shape index (κ2) is 6.83. The predicted molar refractivity (Wildman–Crippen MR) is 68.2 cm³/mol. The van der Waals surface area contributed by atoms with Gasteiger partial charge in [-0.2, -0.15) is 0 Å². The largest absolute Gasteiger partial charge is 0.469 e. The first-order valence-corrected chi connectivity index (χ1v) is 6.01. The first-order valence-electron chi connectivity index (χ1n) is 6.01. The van der Waals surface area contributed by atoms with Crippen LogP contribution in [0.15, 0.2) is 12.1 Å². The molecular formula is C13H20N2O3. The number of esters is 1. The Kier molecular flexibility index (Phi) is 5.42. The summed E-state index contributed by atoms with van der Waals surface area (Å²) in [6.45, 7) is 5.38. The predicted octanol–water partition coefficient (Wildman–Crippen LogP) is 1.17. The van der Waals surface area contributed by atoms with Crippen LogP contribution in [0.5, 0.6) is 0 Å². The number of amides is 1. The van der Waals surface area contributed by atoms with Gasteiger partial charge in [-0.25, -0.2) is 0 Å². The molecule has 0 saturated heterocycles. The maximum atomic E-state index is 11.4. The lowest BCUT2D eigenvalue weighted by molar-refractivity contribution is -0.142. The number of carbonyl (C=O) groups excluding carboxylic acids is 2. The van der Waals surface area contributed by atoms with E-state index < -0.39 is 0 Å². The summed E-state index contributed by atoms with van der Waals surface area (Å²) in [5.41, 5.74) is 2.35. The van der Waals surface area contributed by atoms with Gasteiger partial charge in [-0.3, -0.25) is 9.59 Å². The maximum Gasteiger partial charge on any atom is 0.306 e. The number of methoxy groups -OCH3 is 1. The molecule has 0 bridgehead atoms. The summed E-state index contributed by atoms with van der Waals surface area (Å²) in [6.07, 6.45) is 0.306. The van der Waals surface area contributed by atoms with E-state index in [1.54, 1.807) is 0 Å². The Bertz CT molecular complexity index is 404. The number of aromatic nitrogens is 1. The molecule has 1 amide bonds. The van der Waals surface area contributed by atoms with Crippen LogP contribution in [0.1, 0.15) is 24.2 Å². The molecule has 1 N–H and O–H groups in total. The molecule has 0 radical (unpaired) electrons. The molecule has 100 valence electrons. The molecular weight excluding hydrogens is 232 g/mol. The van der Waals surface area contributed by atoms with E-state index in [2.05, 4.69) is 26.8 Å². The number of hydrogen-bond donors (Lipinski definition) is 1. The Balaban J connectivity index is 2.26. The molecule has 0 fully saturated rings. The lowest BCUT2D eigenvalue weighted by Crippen LogP contribution is -2.28. The fourth-order valence-electron chi connectivity index (χ4n) is 1.77. The second-order valence-corrected chi connectivity index (χ2v) is 4.19. The average Bonchev–Trinajstić information content (AvgIpc) is 2.67. The standard InChI is InChI=1S/C13H20N2O3/c1-10-4-5-11(2)15(10)9-8-14-12(16)6-7-13(17)18-3/h4-5H,6-9H2,1-3H3,(H,14,16). The Morgan fingerprint density at radius 1 is 1.22 bits per heavy atom. The van der Waals surface area contributed by atoms with Gasteiger partial charge in [-0.05, 0) is 26.0 Å². The highest BCUT2D eigenvalue weighted by atomic mass is 16.5. The molecule has 0 spiro atoms. The normalized spacial score (nSPS) is 10.2. The number of ether oxygens (including phenoxy) is 1. The fourth-order valence-corrected chi connectivity index (χ4v) is 1.77. The summed E-state index contributed by atoms with van der Waals surface area (Å²) in [6, 6.07) is 4.10. The van der Waals surface area contributed by atoms with Crippen LogP contribution in [0.25, 0.3) is 0 Å². The van der Waals surface area contributed by atoms with Gasteiger partial charge in [0, 0.05) is 30.9 Å². The van der Waals surface area contributed by atoms with Crippen LogP contribution in [0.3, 0.4) is 0 Å². The van der Waals surface area contributed by atoms with Gasteiger partial charge in [-0.1, -0.05) is 0 Å². The van der Waals surface area contributed by atoms with Crippen LogP contribution in [0, 0.1) is 13.8 Å². The lowest BCUT2D eigenvalue weighted by atomic mass is 10.3. The van der Waals surface area contributed by atoms with Crippen molar-refractivity contribution in [1.82, 2.24) is 9.88 Å². The summed E-state index contributed by atoms with van der Waals surface area (Å²) >= 11 is 0. The van der Waals surface area contributed by atoms with Crippen molar-refractivity contribution >= 4 is 11.9 Å². The highest BCUT2D eigenvalue weighted by molar-refractivity contribution is 5.81. The smallest absolute Gasteiger partial charge is 0.306 e. The van der Waals surface area contributed by atoms with Crippen molar-refractivity contribution in [2.75, 3.05) is 13.7 Å². The Morgan fingerprint density at radius 3 is 2.39 bits per heavy atom. The van der Waals surface area contributed by atoms with Crippen molar-refractivity contribution in [3.8, 4) is 0 Å². The van der Waals surface area contributed by atoms with Crippen LogP contribution >= 0.6 is 0 Å². The molecule has 1 aromatic rings. The third kappa shape index (κ3) is 4.24. The molecule has 1 heterocycles. The van der Waals surface area contributed by atoms with Crippen molar-refractivity contribution in [2.45, 2.75) is 33.2 Å². The average molecular weight is 252 g/mol. The van der Waals surface area contributed by atoms with E-state index in [0.717, 1.165) is 6.54 Å². The minimum Gasteiger partial charge on any atom is -0.469 e.